The highest BCUT2D eigenvalue weighted by Crippen LogP contribution is 2.26. The smallest absolute Gasteiger partial charge is 0.0628 e. The van der Waals surface area contributed by atoms with Crippen LogP contribution in [0.4, 0.5) is 0 Å². The zero-order valence-corrected chi connectivity index (χ0v) is 12.1. The van der Waals surface area contributed by atoms with E-state index in [1.54, 1.807) is 0 Å². The molecule has 0 saturated heterocycles. The van der Waals surface area contributed by atoms with Crippen molar-refractivity contribution in [2.24, 2.45) is 11.7 Å². The van der Waals surface area contributed by atoms with E-state index in [1.807, 2.05) is 0 Å². The molecule has 1 fully saturated rings. The molecule has 2 N–H and O–H groups in total. The van der Waals surface area contributed by atoms with Gasteiger partial charge in [0.15, 0.2) is 0 Å². The van der Waals surface area contributed by atoms with Crippen LogP contribution in [-0.2, 0) is 13.0 Å². The largest absolute Gasteiger partial charge is 0.326 e. The van der Waals surface area contributed by atoms with Crippen LogP contribution < -0.4 is 5.73 Å². The Morgan fingerprint density at radius 3 is 2.50 bits per heavy atom. The maximum absolute atomic E-state index is 6.39. The third-order valence-electron chi connectivity index (χ3n) is 4.52. The second-order valence-electron chi connectivity index (χ2n) is 5.75. The number of hydrogen-bond donors (Lipinski definition) is 1. The average molecular weight is 249 g/mol. The second-order valence-corrected chi connectivity index (χ2v) is 5.75. The quantitative estimate of drug-likeness (QED) is 0.891. The van der Waals surface area contributed by atoms with Crippen molar-refractivity contribution in [3.8, 4) is 0 Å². The molecule has 2 rings (SSSR count). The van der Waals surface area contributed by atoms with Crippen molar-refractivity contribution < 1.29 is 0 Å². The van der Waals surface area contributed by atoms with Crippen LogP contribution in [0.1, 0.15) is 56.0 Å². The first-order valence-electron chi connectivity index (χ1n) is 7.42. The minimum atomic E-state index is 0.271. The Kier molecular flexibility index (Phi) is 4.44. The maximum Gasteiger partial charge on any atom is 0.0628 e. The van der Waals surface area contributed by atoms with Crippen molar-refractivity contribution in [2.45, 2.75) is 71.9 Å². The van der Waals surface area contributed by atoms with Crippen LogP contribution in [0.3, 0.4) is 0 Å². The predicted molar refractivity (Wildman–Crippen MR) is 75.6 cm³/mol. The molecule has 102 valence electrons. The number of hydrogen-bond acceptors (Lipinski definition) is 2. The lowest BCUT2D eigenvalue weighted by molar-refractivity contribution is 0.278. The highest BCUT2D eigenvalue weighted by atomic mass is 15.3. The molecule has 1 saturated carbocycles. The van der Waals surface area contributed by atoms with Crippen LogP contribution in [-0.4, -0.2) is 15.8 Å². The van der Waals surface area contributed by atoms with Gasteiger partial charge in [-0.3, -0.25) is 4.68 Å². The lowest BCUT2D eigenvalue weighted by atomic mass is 9.84. The van der Waals surface area contributed by atoms with Crippen molar-refractivity contribution in [3.63, 3.8) is 0 Å². The molecule has 0 aromatic carbocycles. The minimum absolute atomic E-state index is 0.271. The van der Waals surface area contributed by atoms with Gasteiger partial charge in [-0.05, 0) is 44.6 Å². The zero-order chi connectivity index (χ0) is 13.1. The number of aromatic nitrogens is 2. The van der Waals surface area contributed by atoms with E-state index in [4.69, 9.17) is 5.73 Å². The SMILES string of the molecule is CCc1c(C)nn(CC(N)C2CCCCC2)c1C. The third-order valence-corrected chi connectivity index (χ3v) is 4.52. The van der Waals surface area contributed by atoms with Gasteiger partial charge in [-0.2, -0.15) is 5.10 Å². The highest BCUT2D eigenvalue weighted by Gasteiger charge is 2.22. The summed E-state index contributed by atoms with van der Waals surface area (Å²) in [6.45, 7) is 7.36. The number of nitrogens with two attached hydrogens (primary N) is 1. The van der Waals surface area contributed by atoms with Gasteiger partial charge in [-0.15, -0.1) is 0 Å². The van der Waals surface area contributed by atoms with Gasteiger partial charge in [-0.1, -0.05) is 26.2 Å². The first kappa shape index (κ1) is 13.6. The summed E-state index contributed by atoms with van der Waals surface area (Å²) < 4.78 is 2.13. The summed E-state index contributed by atoms with van der Waals surface area (Å²) in [5.74, 6) is 0.702. The fourth-order valence-electron chi connectivity index (χ4n) is 3.33. The third kappa shape index (κ3) is 2.77. The van der Waals surface area contributed by atoms with Crippen molar-refractivity contribution in [1.82, 2.24) is 9.78 Å². The van der Waals surface area contributed by atoms with Gasteiger partial charge in [0, 0.05) is 11.7 Å². The molecule has 3 heteroatoms. The molecule has 0 aliphatic heterocycles. The van der Waals surface area contributed by atoms with E-state index in [0.717, 1.165) is 13.0 Å². The first-order valence-corrected chi connectivity index (χ1v) is 7.42. The minimum Gasteiger partial charge on any atom is -0.326 e. The Labute approximate surface area is 111 Å². The Morgan fingerprint density at radius 2 is 1.94 bits per heavy atom. The van der Waals surface area contributed by atoms with Gasteiger partial charge in [0.05, 0.1) is 12.2 Å². The van der Waals surface area contributed by atoms with Gasteiger partial charge < -0.3 is 5.73 Å². The van der Waals surface area contributed by atoms with E-state index in [1.165, 1.54) is 49.1 Å². The molecule has 0 radical (unpaired) electrons. The van der Waals surface area contributed by atoms with Crippen molar-refractivity contribution in [1.29, 1.82) is 0 Å². The second kappa shape index (κ2) is 5.87. The molecule has 1 aliphatic carbocycles. The zero-order valence-electron chi connectivity index (χ0n) is 12.1. The molecule has 0 bridgehead atoms. The van der Waals surface area contributed by atoms with Gasteiger partial charge in [0.1, 0.15) is 0 Å². The van der Waals surface area contributed by atoms with Gasteiger partial charge in [0.2, 0.25) is 0 Å². The summed E-state index contributed by atoms with van der Waals surface area (Å²) in [6.07, 6.45) is 7.78. The normalized spacial score (nSPS) is 19.1. The van der Waals surface area contributed by atoms with Crippen LogP contribution in [0.2, 0.25) is 0 Å². The molecule has 1 unspecified atom stereocenters. The summed E-state index contributed by atoms with van der Waals surface area (Å²) >= 11 is 0. The van der Waals surface area contributed by atoms with Crippen molar-refractivity contribution >= 4 is 0 Å². The fraction of sp³-hybridized carbons (Fsp3) is 0.800. The summed E-state index contributed by atoms with van der Waals surface area (Å²) in [5.41, 5.74) is 10.3. The van der Waals surface area contributed by atoms with E-state index in [2.05, 4.69) is 30.6 Å². The number of rotatable bonds is 4. The fourth-order valence-corrected chi connectivity index (χ4v) is 3.33. The number of nitrogens with zero attached hydrogens (tertiary/aromatic N) is 2. The predicted octanol–water partition coefficient (Wildman–Crippen LogP) is 2.97. The van der Waals surface area contributed by atoms with Crippen molar-refractivity contribution in [3.05, 3.63) is 17.0 Å². The van der Waals surface area contributed by atoms with Gasteiger partial charge in [0.25, 0.3) is 0 Å². The maximum atomic E-state index is 6.39. The molecule has 1 heterocycles. The van der Waals surface area contributed by atoms with Crippen LogP contribution in [0.5, 0.6) is 0 Å². The average Bonchev–Trinajstić information content (AvgIpc) is 2.65. The highest BCUT2D eigenvalue weighted by molar-refractivity contribution is 5.24. The first-order chi connectivity index (χ1) is 8.63. The van der Waals surface area contributed by atoms with E-state index in [-0.39, 0.29) is 6.04 Å². The molecule has 18 heavy (non-hydrogen) atoms. The van der Waals surface area contributed by atoms with E-state index in [0.29, 0.717) is 5.92 Å². The standard InChI is InChI=1S/C15H27N3/c1-4-14-11(2)17-18(12(14)3)10-15(16)13-8-6-5-7-9-13/h13,15H,4-10,16H2,1-3H3. The molecule has 3 nitrogen and oxygen atoms in total. The van der Waals surface area contributed by atoms with Crippen LogP contribution in [0.15, 0.2) is 0 Å². The van der Waals surface area contributed by atoms with Crippen LogP contribution in [0, 0.1) is 19.8 Å². The molecule has 1 atom stereocenters. The monoisotopic (exact) mass is 249 g/mol. The van der Waals surface area contributed by atoms with Gasteiger partial charge >= 0.3 is 0 Å². The lowest BCUT2D eigenvalue weighted by Crippen LogP contribution is -2.36. The Hall–Kier alpha value is -0.830. The summed E-state index contributed by atoms with van der Waals surface area (Å²) in [6, 6.07) is 0.271. The van der Waals surface area contributed by atoms with E-state index < -0.39 is 0 Å². The topological polar surface area (TPSA) is 43.8 Å². The number of aryl methyl sites for hydroxylation is 1. The molecule has 1 aromatic rings. The Bertz CT molecular complexity index is 389. The summed E-state index contributed by atoms with van der Waals surface area (Å²) in [5, 5.41) is 4.65. The van der Waals surface area contributed by atoms with Crippen LogP contribution >= 0.6 is 0 Å². The Balaban J connectivity index is 2.04. The molecular weight excluding hydrogens is 222 g/mol. The van der Waals surface area contributed by atoms with Crippen molar-refractivity contribution in [2.75, 3.05) is 0 Å². The summed E-state index contributed by atoms with van der Waals surface area (Å²) in [7, 11) is 0. The van der Waals surface area contributed by atoms with E-state index >= 15 is 0 Å². The van der Waals surface area contributed by atoms with Gasteiger partial charge in [-0.25, -0.2) is 0 Å². The molecule has 0 spiro atoms. The molecular formula is C15H27N3. The molecule has 1 aromatic heterocycles. The lowest BCUT2D eigenvalue weighted by Gasteiger charge is -2.27. The molecule has 1 aliphatic rings. The van der Waals surface area contributed by atoms with Crippen LogP contribution in [0.25, 0.3) is 0 Å². The summed E-state index contributed by atoms with van der Waals surface area (Å²) in [4.78, 5) is 0. The molecule has 0 amide bonds. The van der Waals surface area contributed by atoms with E-state index in [9.17, 15) is 0 Å². The Morgan fingerprint density at radius 1 is 1.28 bits per heavy atom.